The van der Waals surface area contributed by atoms with Crippen molar-refractivity contribution in [1.29, 1.82) is 0 Å². The Labute approximate surface area is 345 Å². The maximum absolute atomic E-state index is 2.38. The molecule has 0 aliphatic rings. The zero-order valence-corrected chi connectivity index (χ0v) is 41.3. The van der Waals surface area contributed by atoms with E-state index in [4.69, 9.17) is 0 Å². The summed E-state index contributed by atoms with van der Waals surface area (Å²) >= 11 is 20.4. The molecule has 8 aromatic rings. The first kappa shape index (κ1) is 34.9. The van der Waals surface area contributed by atoms with Crippen LogP contribution in [-0.2, 0) is 0 Å². The normalized spacial score (nSPS) is 11.6. The molecule has 0 aliphatic heterocycles. The average Bonchev–Trinajstić information content (AvgIpc) is 3.91. The van der Waals surface area contributed by atoms with E-state index in [-0.39, 0.29) is 30.9 Å². The third-order valence-corrected chi connectivity index (χ3v) is 36.7. The second kappa shape index (κ2) is 17.1. The van der Waals surface area contributed by atoms with Gasteiger partial charge in [0.15, 0.2) is 0 Å². The van der Waals surface area contributed by atoms with Crippen LogP contribution in [0.1, 0.15) is 0 Å². The molecule has 47 heavy (non-hydrogen) atoms. The molecule has 0 amide bonds. The fraction of sp³-hybridized carbons (Fsp3) is 0. The van der Waals surface area contributed by atoms with Gasteiger partial charge in [-0.25, -0.2) is 0 Å². The van der Waals surface area contributed by atoms with Crippen LogP contribution in [0, 0.1) is 0 Å². The van der Waals surface area contributed by atoms with Crippen LogP contribution in [0.4, 0.5) is 0 Å². The van der Waals surface area contributed by atoms with Gasteiger partial charge in [0, 0.05) is 0 Å². The monoisotopic (exact) mass is 1050 g/mol. The van der Waals surface area contributed by atoms with Gasteiger partial charge in [-0.2, -0.15) is 0 Å². The van der Waals surface area contributed by atoms with E-state index in [0.717, 1.165) is 0 Å². The molecule has 0 unspecified atom stereocenters. The first-order valence-corrected chi connectivity index (χ1v) is 31.8. The van der Waals surface area contributed by atoms with Crippen LogP contribution >= 0.6 is 126 Å². The molecule has 0 bridgehead atoms. The molecule has 0 saturated heterocycles. The molecule has 8 heterocycles. The molecule has 228 valence electrons. The second-order valence-electron chi connectivity index (χ2n) is 9.44. The summed E-state index contributed by atoms with van der Waals surface area (Å²) in [6.07, 6.45) is 0. The van der Waals surface area contributed by atoms with Crippen LogP contribution in [0.2, 0.25) is 0 Å². The summed E-state index contributed by atoms with van der Waals surface area (Å²) in [6.45, 7) is 0. The molecule has 0 atom stereocenters. The van der Waals surface area contributed by atoms with Gasteiger partial charge in [0.25, 0.3) is 0 Å². The van der Waals surface area contributed by atoms with E-state index in [1.54, 1.807) is 29.7 Å². The van der Waals surface area contributed by atoms with E-state index >= 15 is 0 Å². The molecule has 0 spiro atoms. The third-order valence-electron chi connectivity index (χ3n) is 6.40. The van der Waals surface area contributed by atoms with Crippen LogP contribution in [0.15, 0.2) is 133 Å². The standard InChI is InChI=1S/C32H18Ge4S11/c1-3-25(37-11-1)33-27-19(5-13-39-27)45-21-7-15-41-29(21)35-31-23(9-17-43-31)47-24-10-18-44-32(24)36-30-22(8-16-42-30)46-20-6-14-40-28(20)34-26-4-2-12-38-26/h1-18H. The van der Waals surface area contributed by atoms with E-state index in [2.05, 4.69) is 104 Å². The number of thiophene rings is 8. The van der Waals surface area contributed by atoms with Crippen molar-refractivity contribution in [1.82, 2.24) is 0 Å². The minimum atomic E-state index is -0.399. The van der Waals surface area contributed by atoms with Crippen LogP contribution in [0.3, 0.4) is 0 Å². The third kappa shape index (κ3) is 8.90. The zero-order chi connectivity index (χ0) is 31.4. The Kier molecular flexibility index (Phi) is 12.7. The number of hydrogen-bond acceptors (Lipinski definition) is 11. The number of hydrogen-bond donors (Lipinski definition) is 0. The van der Waals surface area contributed by atoms with E-state index in [1.807, 2.05) is 126 Å². The van der Waals surface area contributed by atoms with Crippen LogP contribution in [0.25, 0.3) is 0 Å². The van der Waals surface area contributed by atoms with Gasteiger partial charge in [0.2, 0.25) is 0 Å². The van der Waals surface area contributed by atoms with Crippen molar-refractivity contribution in [3.05, 3.63) is 104 Å². The maximum atomic E-state index is 2.38. The van der Waals surface area contributed by atoms with Gasteiger partial charge in [0.1, 0.15) is 0 Å². The van der Waals surface area contributed by atoms with Crippen LogP contribution in [-0.4, -0.2) is 61.7 Å². The Morgan fingerprint density at radius 3 is 0.830 bits per heavy atom. The summed E-state index contributed by atoms with van der Waals surface area (Å²) in [5.74, 6) is 0. The Bertz CT molecular complexity index is 2000. The van der Waals surface area contributed by atoms with Gasteiger partial charge >= 0.3 is 350 Å². The SMILES string of the molecule is c1cs[c]([Ge][c]2sccc2Sc2ccs[c]2[Ge][c]2sccc2Sc2ccs[c]2[Ge][c]2sccc2Sc2ccs[c]2[Ge][c]2cccs2)c1. The van der Waals surface area contributed by atoms with Crippen molar-refractivity contribution in [3.63, 3.8) is 0 Å². The molecule has 8 aromatic heterocycles. The second-order valence-corrected chi connectivity index (χ2v) is 36.8. The Morgan fingerprint density at radius 1 is 0.298 bits per heavy atom. The molecule has 0 nitrogen and oxygen atoms in total. The Hall–Kier alpha value is 0.821. The topological polar surface area (TPSA) is 0 Å². The molecule has 0 aliphatic carbocycles. The molecular formula is C32H18Ge4S11. The summed E-state index contributed by atoms with van der Waals surface area (Å²) in [6, 6.07) is 23.2. The quantitative estimate of drug-likeness (QED) is 0.106. The minimum absolute atomic E-state index is 0.245. The van der Waals surface area contributed by atoms with E-state index in [1.165, 1.54) is 29.4 Å². The van der Waals surface area contributed by atoms with Crippen molar-refractivity contribution in [2.45, 2.75) is 29.4 Å². The predicted molar refractivity (Wildman–Crippen MR) is 227 cm³/mol. The summed E-state index contributed by atoms with van der Waals surface area (Å²) in [4.78, 5) is 8.88. The molecule has 0 fully saturated rings. The van der Waals surface area contributed by atoms with E-state index < -0.39 is 30.9 Å². The molecule has 8 radical (unpaired) electrons. The zero-order valence-electron chi connectivity index (χ0n) is 23.9. The van der Waals surface area contributed by atoms with Crippen LogP contribution < -0.4 is 29.7 Å². The van der Waals surface area contributed by atoms with Crippen molar-refractivity contribution in [3.8, 4) is 0 Å². The Balaban J connectivity index is 0.945. The Morgan fingerprint density at radius 2 is 0.574 bits per heavy atom. The summed E-state index contributed by atoms with van der Waals surface area (Å²) in [7, 11) is 0. The molecule has 0 saturated carbocycles. The molecular weight excluding hydrogens is 1030 g/mol. The first-order valence-electron chi connectivity index (χ1n) is 13.9. The average molecular weight is 1050 g/mol. The molecule has 8 rings (SSSR count). The summed E-state index contributed by atoms with van der Waals surface area (Å²) in [5, 5.41) is 18.3. The van der Waals surface area contributed by atoms with Gasteiger partial charge < -0.3 is 0 Å². The van der Waals surface area contributed by atoms with Crippen molar-refractivity contribution < 1.29 is 0 Å². The van der Waals surface area contributed by atoms with Crippen molar-refractivity contribution in [2.75, 3.05) is 0 Å². The first-order chi connectivity index (χ1) is 23.2. The fourth-order valence-electron chi connectivity index (χ4n) is 4.30. The summed E-state index contributed by atoms with van der Waals surface area (Å²) in [5.41, 5.74) is 0. The van der Waals surface area contributed by atoms with Gasteiger partial charge in [-0.15, -0.1) is 0 Å². The van der Waals surface area contributed by atoms with Gasteiger partial charge in [-0.1, -0.05) is 0 Å². The van der Waals surface area contributed by atoms with Gasteiger partial charge in [-0.05, 0) is 0 Å². The fourth-order valence-corrected chi connectivity index (χ4v) is 33.8. The van der Waals surface area contributed by atoms with Gasteiger partial charge in [-0.3, -0.25) is 0 Å². The number of rotatable bonds is 14. The van der Waals surface area contributed by atoms with E-state index in [9.17, 15) is 0 Å². The predicted octanol–water partition coefficient (Wildman–Crippen LogP) is 7.25. The van der Waals surface area contributed by atoms with Gasteiger partial charge in [0.05, 0.1) is 0 Å². The molecule has 15 heteroatoms. The van der Waals surface area contributed by atoms with Crippen molar-refractivity contribution >= 4 is 217 Å². The molecule has 0 aromatic carbocycles. The van der Waals surface area contributed by atoms with Crippen molar-refractivity contribution in [2.24, 2.45) is 0 Å². The van der Waals surface area contributed by atoms with Crippen LogP contribution in [0.5, 0.6) is 0 Å². The molecule has 0 N–H and O–H groups in total. The van der Waals surface area contributed by atoms with E-state index in [0.29, 0.717) is 0 Å². The summed E-state index contributed by atoms with van der Waals surface area (Å²) < 4.78 is 12.8.